The van der Waals surface area contributed by atoms with Crippen LogP contribution in [0.1, 0.15) is 12.8 Å². The number of rotatable bonds is 7. The van der Waals surface area contributed by atoms with Crippen LogP contribution in [0.3, 0.4) is 0 Å². The first-order chi connectivity index (χ1) is 7.72. The van der Waals surface area contributed by atoms with E-state index in [1.54, 1.807) is 7.11 Å². The average molecular weight is 231 g/mol. The number of ether oxygens (including phenoxy) is 2. The van der Waals surface area contributed by atoms with Crippen molar-refractivity contribution in [1.82, 2.24) is 4.90 Å². The number of carbonyl (C=O) groups excluding carboxylic acids is 1. The van der Waals surface area contributed by atoms with Gasteiger partial charge in [-0.25, -0.2) is 0 Å². The molecule has 0 amide bonds. The maximum absolute atomic E-state index is 11.0. The van der Waals surface area contributed by atoms with E-state index in [9.17, 15) is 9.90 Å². The number of aliphatic hydroxyl groups excluding tert-OH is 1. The molecule has 1 rings (SSSR count). The standard InChI is InChI=1S/C11H21NO4/c1-15-6-7-16-9-11(14)8-12-4-2-10(13)3-5-12/h11,14H,2-9H2,1H3. The number of hydrogen-bond donors (Lipinski definition) is 1. The zero-order valence-electron chi connectivity index (χ0n) is 9.85. The summed E-state index contributed by atoms with van der Waals surface area (Å²) >= 11 is 0. The predicted octanol–water partition coefficient (Wildman–Crippen LogP) is -0.325. The van der Waals surface area contributed by atoms with Gasteiger partial charge in [0.2, 0.25) is 0 Å². The van der Waals surface area contributed by atoms with E-state index < -0.39 is 6.10 Å². The van der Waals surface area contributed by atoms with Gasteiger partial charge in [0.15, 0.2) is 0 Å². The molecule has 5 heteroatoms. The summed E-state index contributed by atoms with van der Waals surface area (Å²) in [6, 6.07) is 0. The Morgan fingerprint density at radius 3 is 2.69 bits per heavy atom. The summed E-state index contributed by atoms with van der Waals surface area (Å²) in [5, 5.41) is 9.67. The van der Waals surface area contributed by atoms with Crippen molar-refractivity contribution in [3.63, 3.8) is 0 Å². The van der Waals surface area contributed by atoms with Crippen LogP contribution in [-0.4, -0.2) is 68.5 Å². The first-order valence-corrected chi connectivity index (χ1v) is 5.71. The third-order valence-electron chi connectivity index (χ3n) is 2.62. The van der Waals surface area contributed by atoms with Crippen LogP contribution in [0, 0.1) is 0 Å². The van der Waals surface area contributed by atoms with Gasteiger partial charge in [-0.05, 0) is 0 Å². The molecule has 0 bridgehead atoms. The highest BCUT2D eigenvalue weighted by Crippen LogP contribution is 2.06. The van der Waals surface area contributed by atoms with Gasteiger partial charge in [0.25, 0.3) is 0 Å². The summed E-state index contributed by atoms with van der Waals surface area (Å²) in [5.41, 5.74) is 0. The Morgan fingerprint density at radius 1 is 1.38 bits per heavy atom. The van der Waals surface area contributed by atoms with Crippen LogP contribution in [0.4, 0.5) is 0 Å². The van der Waals surface area contributed by atoms with Crippen molar-refractivity contribution in [1.29, 1.82) is 0 Å². The third-order valence-corrected chi connectivity index (χ3v) is 2.62. The van der Waals surface area contributed by atoms with E-state index in [0.717, 1.165) is 13.1 Å². The highest BCUT2D eigenvalue weighted by molar-refractivity contribution is 5.79. The molecule has 1 unspecified atom stereocenters. The quantitative estimate of drug-likeness (QED) is 0.608. The zero-order chi connectivity index (χ0) is 11.8. The number of carbonyl (C=O) groups is 1. The lowest BCUT2D eigenvalue weighted by atomic mass is 10.1. The zero-order valence-corrected chi connectivity index (χ0v) is 9.85. The fourth-order valence-electron chi connectivity index (χ4n) is 1.70. The number of nitrogens with zero attached hydrogens (tertiary/aromatic N) is 1. The first-order valence-electron chi connectivity index (χ1n) is 5.71. The van der Waals surface area contributed by atoms with Gasteiger partial charge in [-0.2, -0.15) is 0 Å². The van der Waals surface area contributed by atoms with Gasteiger partial charge in [-0.15, -0.1) is 0 Å². The molecule has 0 aromatic carbocycles. The Hall–Kier alpha value is -0.490. The molecule has 0 aliphatic carbocycles. The number of ketones is 1. The van der Waals surface area contributed by atoms with Crippen LogP contribution in [0.25, 0.3) is 0 Å². The highest BCUT2D eigenvalue weighted by Gasteiger charge is 2.18. The van der Waals surface area contributed by atoms with E-state index in [1.165, 1.54) is 0 Å². The second-order valence-electron chi connectivity index (χ2n) is 4.06. The van der Waals surface area contributed by atoms with Crippen LogP contribution in [0.15, 0.2) is 0 Å². The van der Waals surface area contributed by atoms with Crippen LogP contribution >= 0.6 is 0 Å². The third kappa shape index (κ3) is 5.55. The number of methoxy groups -OCH3 is 1. The van der Waals surface area contributed by atoms with Crippen molar-refractivity contribution >= 4 is 5.78 Å². The molecule has 1 aliphatic heterocycles. The minimum atomic E-state index is -0.481. The van der Waals surface area contributed by atoms with Gasteiger partial charge in [0.1, 0.15) is 5.78 Å². The van der Waals surface area contributed by atoms with Crippen molar-refractivity contribution < 1.29 is 19.4 Å². The largest absolute Gasteiger partial charge is 0.389 e. The van der Waals surface area contributed by atoms with E-state index in [4.69, 9.17) is 9.47 Å². The molecule has 0 aromatic rings. The van der Waals surface area contributed by atoms with Gasteiger partial charge in [-0.3, -0.25) is 9.69 Å². The molecule has 1 atom stereocenters. The Bertz CT molecular complexity index is 200. The normalized spacial score (nSPS) is 20.0. The van der Waals surface area contributed by atoms with E-state index >= 15 is 0 Å². The molecule has 1 fully saturated rings. The molecule has 0 saturated carbocycles. The molecule has 5 nitrogen and oxygen atoms in total. The number of β-amino-alcohol motifs (C(OH)–C–C–N with tert-alkyl or cyclic N) is 1. The molecule has 0 aromatic heterocycles. The lowest BCUT2D eigenvalue weighted by molar-refractivity contribution is -0.121. The summed E-state index contributed by atoms with van der Waals surface area (Å²) < 4.78 is 10.1. The maximum atomic E-state index is 11.0. The van der Waals surface area contributed by atoms with Gasteiger partial charge in [-0.1, -0.05) is 0 Å². The van der Waals surface area contributed by atoms with Crippen LogP contribution < -0.4 is 0 Å². The second-order valence-corrected chi connectivity index (χ2v) is 4.06. The Morgan fingerprint density at radius 2 is 2.06 bits per heavy atom. The maximum Gasteiger partial charge on any atom is 0.135 e. The number of aliphatic hydroxyl groups is 1. The molecule has 0 spiro atoms. The smallest absolute Gasteiger partial charge is 0.135 e. The number of Topliss-reactive ketones (excluding diaryl/α,β-unsaturated/α-hetero) is 1. The van der Waals surface area contributed by atoms with Crippen molar-refractivity contribution in [3.8, 4) is 0 Å². The van der Waals surface area contributed by atoms with Gasteiger partial charge < -0.3 is 14.6 Å². The molecule has 1 N–H and O–H groups in total. The van der Waals surface area contributed by atoms with Gasteiger partial charge in [0, 0.05) is 39.6 Å². The van der Waals surface area contributed by atoms with Gasteiger partial charge in [0.05, 0.1) is 25.9 Å². The Labute approximate surface area is 96.3 Å². The molecule has 0 radical (unpaired) electrons. The number of piperidine rings is 1. The second kappa shape index (κ2) is 7.73. The summed E-state index contributed by atoms with van der Waals surface area (Å²) in [6.07, 6.45) is 0.735. The van der Waals surface area contributed by atoms with E-state index in [0.29, 0.717) is 45.0 Å². The minimum Gasteiger partial charge on any atom is -0.389 e. The van der Waals surface area contributed by atoms with E-state index in [1.807, 2.05) is 0 Å². The van der Waals surface area contributed by atoms with Crippen LogP contribution in [0.5, 0.6) is 0 Å². The lowest BCUT2D eigenvalue weighted by Gasteiger charge is -2.27. The SMILES string of the molecule is COCCOCC(O)CN1CCC(=O)CC1. The summed E-state index contributed by atoms with van der Waals surface area (Å²) in [4.78, 5) is 13.1. The van der Waals surface area contributed by atoms with Crippen LogP contribution in [0.2, 0.25) is 0 Å². The fraction of sp³-hybridized carbons (Fsp3) is 0.909. The molecule has 94 valence electrons. The monoisotopic (exact) mass is 231 g/mol. The predicted molar refractivity (Wildman–Crippen MR) is 59.4 cm³/mol. The van der Waals surface area contributed by atoms with Crippen molar-refractivity contribution in [2.24, 2.45) is 0 Å². The fourth-order valence-corrected chi connectivity index (χ4v) is 1.70. The average Bonchev–Trinajstić information content (AvgIpc) is 2.28. The molecule has 1 saturated heterocycles. The number of likely N-dealkylation sites (tertiary alicyclic amines) is 1. The highest BCUT2D eigenvalue weighted by atomic mass is 16.5. The van der Waals surface area contributed by atoms with Crippen molar-refractivity contribution in [3.05, 3.63) is 0 Å². The van der Waals surface area contributed by atoms with Crippen molar-refractivity contribution in [2.75, 3.05) is 46.6 Å². The van der Waals surface area contributed by atoms with E-state index in [2.05, 4.69) is 4.90 Å². The van der Waals surface area contributed by atoms with Gasteiger partial charge >= 0.3 is 0 Å². The molecular weight excluding hydrogens is 210 g/mol. The Kier molecular flexibility index (Phi) is 6.56. The molecule has 16 heavy (non-hydrogen) atoms. The summed E-state index contributed by atoms with van der Waals surface area (Å²) in [7, 11) is 1.62. The molecular formula is C11H21NO4. The molecule has 1 aliphatic rings. The first kappa shape index (κ1) is 13.6. The van der Waals surface area contributed by atoms with E-state index in [-0.39, 0.29) is 0 Å². The summed E-state index contributed by atoms with van der Waals surface area (Å²) in [6.45, 7) is 3.48. The minimum absolute atomic E-state index is 0.321. The topological polar surface area (TPSA) is 59.0 Å². The number of hydrogen-bond acceptors (Lipinski definition) is 5. The van der Waals surface area contributed by atoms with Crippen LogP contribution in [-0.2, 0) is 14.3 Å². The summed E-state index contributed by atoms with van der Waals surface area (Å²) in [5.74, 6) is 0.321. The molecule has 1 heterocycles. The van der Waals surface area contributed by atoms with Crippen molar-refractivity contribution in [2.45, 2.75) is 18.9 Å². The lowest BCUT2D eigenvalue weighted by Crippen LogP contribution is -2.40. The Balaban J connectivity index is 2.04.